The van der Waals surface area contributed by atoms with Gasteiger partial charge in [-0.25, -0.2) is 0 Å². The molecule has 0 N–H and O–H groups in total. The number of halogens is 2. The molecule has 0 bridgehead atoms. The van der Waals surface area contributed by atoms with Gasteiger partial charge in [0.15, 0.2) is 0 Å². The first-order chi connectivity index (χ1) is 10.0. The zero-order valence-corrected chi connectivity index (χ0v) is 14.9. The number of carbonyl (C=O) groups excluding carboxylic acids is 1. The van der Waals surface area contributed by atoms with Crippen LogP contribution in [-0.4, -0.2) is 27.5 Å². The Hall–Kier alpha value is -0.980. The maximum absolute atomic E-state index is 12.6. The van der Waals surface area contributed by atoms with E-state index in [4.69, 9.17) is 11.6 Å². The second-order valence-corrected chi connectivity index (χ2v) is 6.97. The second kappa shape index (κ2) is 7.33. The normalized spacial score (nSPS) is 12.2. The van der Waals surface area contributed by atoms with E-state index in [0.29, 0.717) is 11.6 Å². The molecule has 2 aromatic rings. The molecule has 0 saturated carbocycles. The number of rotatable bonds is 5. The summed E-state index contributed by atoms with van der Waals surface area (Å²) < 4.78 is 1.27. The van der Waals surface area contributed by atoms with E-state index in [0.717, 1.165) is 27.8 Å². The molecular formula is C14H15BrClN3OS. The van der Waals surface area contributed by atoms with Crippen LogP contribution in [-0.2, 0) is 0 Å². The van der Waals surface area contributed by atoms with E-state index in [-0.39, 0.29) is 16.4 Å². The van der Waals surface area contributed by atoms with Gasteiger partial charge in [-0.05, 0) is 36.6 Å². The van der Waals surface area contributed by atoms with Crippen molar-refractivity contribution in [3.63, 3.8) is 0 Å². The van der Waals surface area contributed by atoms with Crippen LogP contribution in [0.3, 0.4) is 0 Å². The largest absolute Gasteiger partial charge is 0.330 e. The molecule has 0 aliphatic carbocycles. The molecule has 1 aromatic carbocycles. The van der Waals surface area contributed by atoms with E-state index in [1.165, 1.54) is 0 Å². The van der Waals surface area contributed by atoms with Gasteiger partial charge >= 0.3 is 0 Å². The molecule has 2 rings (SSSR count). The van der Waals surface area contributed by atoms with Crippen molar-refractivity contribution in [2.24, 2.45) is 0 Å². The third-order valence-corrected chi connectivity index (χ3v) is 4.86. The number of aromatic nitrogens is 2. The topological polar surface area (TPSA) is 46.1 Å². The third-order valence-electron chi connectivity index (χ3n) is 3.13. The molecule has 1 amide bonds. The van der Waals surface area contributed by atoms with Crippen molar-refractivity contribution in [3.05, 3.63) is 43.8 Å². The fraction of sp³-hybridized carbons (Fsp3) is 0.357. The van der Waals surface area contributed by atoms with E-state index in [1.54, 1.807) is 4.90 Å². The van der Waals surface area contributed by atoms with Gasteiger partial charge in [0, 0.05) is 11.0 Å². The number of hydrogen-bond donors (Lipinski definition) is 0. The minimum Gasteiger partial charge on any atom is -0.330 e. The molecule has 1 unspecified atom stereocenters. The molecular weight excluding hydrogens is 374 g/mol. The van der Waals surface area contributed by atoms with Crippen molar-refractivity contribution >= 4 is 44.8 Å². The molecule has 21 heavy (non-hydrogen) atoms. The Balaban J connectivity index is 2.30. The highest BCUT2D eigenvalue weighted by Crippen LogP contribution is 2.29. The number of nitrogens with zero attached hydrogens (tertiary/aromatic N) is 3. The van der Waals surface area contributed by atoms with Gasteiger partial charge in [0.2, 0.25) is 9.47 Å². The summed E-state index contributed by atoms with van der Waals surface area (Å²) in [7, 11) is 0. The predicted octanol–water partition coefficient (Wildman–Crippen LogP) is 4.57. The van der Waals surface area contributed by atoms with Crippen LogP contribution >= 0.6 is 38.9 Å². The summed E-state index contributed by atoms with van der Waals surface area (Å²) in [6.45, 7) is 4.70. The van der Waals surface area contributed by atoms with Gasteiger partial charge in [-0.15, -0.1) is 10.2 Å². The Morgan fingerprint density at radius 2 is 2.14 bits per heavy atom. The highest BCUT2D eigenvalue weighted by molar-refractivity contribution is 9.10. The van der Waals surface area contributed by atoms with E-state index >= 15 is 0 Å². The summed E-state index contributed by atoms with van der Waals surface area (Å²) in [6.07, 6.45) is 0.868. The van der Waals surface area contributed by atoms with Crippen molar-refractivity contribution in [2.75, 3.05) is 6.54 Å². The highest BCUT2D eigenvalue weighted by Gasteiger charge is 2.25. The van der Waals surface area contributed by atoms with Crippen LogP contribution < -0.4 is 0 Å². The average molecular weight is 389 g/mol. The molecule has 1 aromatic heterocycles. The number of hydrogen-bond acceptors (Lipinski definition) is 4. The Kier molecular flexibility index (Phi) is 5.72. The Morgan fingerprint density at radius 1 is 1.43 bits per heavy atom. The van der Waals surface area contributed by atoms with Gasteiger partial charge < -0.3 is 4.90 Å². The lowest BCUT2D eigenvalue weighted by Crippen LogP contribution is -2.34. The van der Waals surface area contributed by atoms with Gasteiger partial charge in [0.1, 0.15) is 0 Å². The SMILES string of the molecule is CCCN(C(=O)c1nnc(Cl)s1)C(C)c1ccccc1Br. The van der Waals surface area contributed by atoms with Gasteiger partial charge in [0.05, 0.1) is 6.04 Å². The van der Waals surface area contributed by atoms with Crippen LogP contribution in [0.15, 0.2) is 28.7 Å². The minimum atomic E-state index is -0.135. The molecule has 0 saturated heterocycles. The number of amides is 1. The quantitative estimate of drug-likeness (QED) is 0.754. The summed E-state index contributed by atoms with van der Waals surface area (Å²) in [6, 6.07) is 7.85. The molecule has 0 fully saturated rings. The van der Waals surface area contributed by atoms with Crippen LogP contribution in [0.2, 0.25) is 4.47 Å². The fourth-order valence-corrected chi connectivity index (χ4v) is 3.51. The van der Waals surface area contributed by atoms with Gasteiger partial charge in [-0.2, -0.15) is 0 Å². The third kappa shape index (κ3) is 3.81. The number of benzene rings is 1. The monoisotopic (exact) mass is 387 g/mol. The lowest BCUT2D eigenvalue weighted by molar-refractivity contribution is 0.0689. The van der Waals surface area contributed by atoms with E-state index in [9.17, 15) is 4.79 Å². The highest BCUT2D eigenvalue weighted by atomic mass is 79.9. The Morgan fingerprint density at radius 3 is 2.71 bits per heavy atom. The lowest BCUT2D eigenvalue weighted by atomic mass is 10.1. The molecule has 1 heterocycles. The van der Waals surface area contributed by atoms with Crippen LogP contribution in [0.1, 0.15) is 41.7 Å². The van der Waals surface area contributed by atoms with Crippen LogP contribution in [0.4, 0.5) is 0 Å². The minimum absolute atomic E-state index is 0.0595. The number of carbonyl (C=O) groups is 1. The molecule has 0 radical (unpaired) electrons. The van der Waals surface area contributed by atoms with Crippen LogP contribution in [0.25, 0.3) is 0 Å². The van der Waals surface area contributed by atoms with E-state index < -0.39 is 0 Å². The average Bonchev–Trinajstić information content (AvgIpc) is 2.90. The Labute approximate surface area is 141 Å². The summed E-state index contributed by atoms with van der Waals surface area (Å²) in [5.74, 6) is -0.135. The van der Waals surface area contributed by atoms with Gasteiger partial charge in [0.25, 0.3) is 5.91 Å². The van der Waals surface area contributed by atoms with Crippen molar-refractivity contribution in [2.45, 2.75) is 26.3 Å². The van der Waals surface area contributed by atoms with E-state index in [1.807, 2.05) is 38.1 Å². The van der Waals surface area contributed by atoms with E-state index in [2.05, 4.69) is 26.1 Å². The van der Waals surface area contributed by atoms with Crippen molar-refractivity contribution in [3.8, 4) is 0 Å². The zero-order chi connectivity index (χ0) is 15.4. The summed E-state index contributed by atoms with van der Waals surface area (Å²) in [5, 5.41) is 7.88. The Bertz CT molecular complexity index is 634. The van der Waals surface area contributed by atoms with Crippen molar-refractivity contribution in [1.29, 1.82) is 0 Å². The summed E-state index contributed by atoms with van der Waals surface area (Å²) in [5.41, 5.74) is 1.06. The van der Waals surface area contributed by atoms with Crippen LogP contribution in [0, 0.1) is 0 Å². The maximum atomic E-state index is 12.6. The first-order valence-corrected chi connectivity index (χ1v) is 8.57. The smallest absolute Gasteiger partial charge is 0.285 e. The van der Waals surface area contributed by atoms with Gasteiger partial charge in [-0.3, -0.25) is 4.79 Å². The summed E-state index contributed by atoms with van der Waals surface area (Å²) in [4.78, 5) is 14.4. The second-order valence-electron chi connectivity index (χ2n) is 4.56. The van der Waals surface area contributed by atoms with Crippen LogP contribution in [0.5, 0.6) is 0 Å². The van der Waals surface area contributed by atoms with Crippen molar-refractivity contribution in [1.82, 2.24) is 15.1 Å². The predicted molar refractivity (Wildman–Crippen MR) is 88.8 cm³/mol. The standard InChI is InChI=1S/C14H15BrClN3OS/c1-3-8-19(13(20)12-17-18-14(16)21-12)9(2)10-6-4-5-7-11(10)15/h4-7,9H,3,8H2,1-2H3. The first kappa shape index (κ1) is 16.4. The molecule has 0 spiro atoms. The molecule has 4 nitrogen and oxygen atoms in total. The zero-order valence-electron chi connectivity index (χ0n) is 11.7. The molecule has 0 aliphatic rings. The van der Waals surface area contributed by atoms with Crippen molar-refractivity contribution < 1.29 is 4.79 Å². The van der Waals surface area contributed by atoms with Gasteiger partial charge in [-0.1, -0.05) is 52.4 Å². The fourth-order valence-electron chi connectivity index (χ4n) is 2.11. The molecule has 0 aliphatic heterocycles. The lowest BCUT2D eigenvalue weighted by Gasteiger charge is -2.29. The molecule has 1 atom stereocenters. The maximum Gasteiger partial charge on any atom is 0.285 e. The molecule has 7 heteroatoms. The summed E-state index contributed by atoms with van der Waals surface area (Å²) >= 11 is 10.4. The molecule has 112 valence electrons. The first-order valence-electron chi connectivity index (χ1n) is 6.59.